The predicted molar refractivity (Wildman–Crippen MR) is 80.6 cm³/mol. The third kappa shape index (κ3) is 3.70. The lowest BCUT2D eigenvalue weighted by Gasteiger charge is -2.12. The van der Waals surface area contributed by atoms with Gasteiger partial charge in [-0.3, -0.25) is 4.79 Å². The van der Waals surface area contributed by atoms with Gasteiger partial charge in [0.1, 0.15) is 6.61 Å². The summed E-state index contributed by atoms with van der Waals surface area (Å²) in [6.45, 7) is 1.77. The number of benzene rings is 1. The Morgan fingerprint density at radius 1 is 1.40 bits per heavy atom. The van der Waals surface area contributed by atoms with Crippen LogP contribution in [0.4, 0.5) is 0 Å². The zero-order valence-corrected chi connectivity index (χ0v) is 11.9. The highest BCUT2D eigenvalue weighted by molar-refractivity contribution is 7.10. The highest BCUT2D eigenvalue weighted by Gasteiger charge is 2.12. The van der Waals surface area contributed by atoms with Crippen molar-refractivity contribution in [1.29, 1.82) is 0 Å². The summed E-state index contributed by atoms with van der Waals surface area (Å²) < 4.78 is 0. The minimum absolute atomic E-state index is 0.0188. The topological polar surface area (TPSA) is 49.3 Å². The molecule has 0 aliphatic rings. The maximum Gasteiger partial charge on any atom is 0.251 e. The molecule has 1 unspecified atom stereocenters. The number of carbonyl (C=O) groups is 1. The minimum atomic E-state index is -0.189. The summed E-state index contributed by atoms with van der Waals surface area (Å²) >= 11 is 1.62. The van der Waals surface area contributed by atoms with Gasteiger partial charge in [-0.05, 0) is 36.6 Å². The summed E-state index contributed by atoms with van der Waals surface area (Å²) in [5.41, 5.74) is 1.29. The second kappa shape index (κ2) is 6.90. The van der Waals surface area contributed by atoms with E-state index in [2.05, 4.69) is 17.2 Å². The highest BCUT2D eigenvalue weighted by Crippen LogP contribution is 2.18. The van der Waals surface area contributed by atoms with E-state index in [1.165, 1.54) is 0 Å². The van der Waals surface area contributed by atoms with Crippen LogP contribution < -0.4 is 5.32 Å². The maximum atomic E-state index is 12.2. The summed E-state index contributed by atoms with van der Waals surface area (Å²) in [7, 11) is 0. The van der Waals surface area contributed by atoms with Gasteiger partial charge in [-0.1, -0.05) is 24.0 Å². The standard InChI is InChI=1S/C16H15NO2S/c1-12(15-8-4-10-20-15)17-16(19)14-7-2-5-13(11-14)6-3-9-18/h2,4-5,7-8,10-12,18H,9H2,1H3,(H,17,19). The number of aliphatic hydroxyl groups is 1. The van der Waals surface area contributed by atoms with Crippen molar-refractivity contribution in [3.8, 4) is 11.8 Å². The van der Waals surface area contributed by atoms with E-state index in [0.717, 1.165) is 10.4 Å². The molecule has 2 aromatic rings. The van der Waals surface area contributed by atoms with E-state index in [0.29, 0.717) is 5.56 Å². The Bertz CT molecular complexity index is 638. The molecule has 1 aromatic carbocycles. The molecule has 0 aliphatic carbocycles. The molecule has 0 saturated carbocycles. The molecule has 0 fully saturated rings. The summed E-state index contributed by atoms with van der Waals surface area (Å²) in [5, 5.41) is 13.6. The van der Waals surface area contributed by atoms with E-state index in [4.69, 9.17) is 5.11 Å². The van der Waals surface area contributed by atoms with E-state index in [-0.39, 0.29) is 18.6 Å². The summed E-state index contributed by atoms with van der Waals surface area (Å²) in [5.74, 6) is 5.24. The second-order valence-corrected chi connectivity index (χ2v) is 5.23. The van der Waals surface area contributed by atoms with E-state index < -0.39 is 0 Å². The van der Waals surface area contributed by atoms with Gasteiger partial charge in [-0.15, -0.1) is 11.3 Å². The third-order valence-electron chi connectivity index (χ3n) is 2.75. The van der Waals surface area contributed by atoms with Crippen LogP contribution in [0.2, 0.25) is 0 Å². The molecule has 0 spiro atoms. The smallest absolute Gasteiger partial charge is 0.251 e. The Hall–Kier alpha value is -2.09. The first kappa shape index (κ1) is 14.3. The highest BCUT2D eigenvalue weighted by atomic mass is 32.1. The quantitative estimate of drug-likeness (QED) is 0.852. The van der Waals surface area contributed by atoms with Crippen LogP contribution in [0.5, 0.6) is 0 Å². The molecule has 1 heterocycles. The lowest BCUT2D eigenvalue weighted by atomic mass is 10.1. The van der Waals surface area contributed by atoms with Crippen molar-refractivity contribution in [2.75, 3.05) is 6.61 Å². The van der Waals surface area contributed by atoms with Gasteiger partial charge in [0.05, 0.1) is 6.04 Å². The summed E-state index contributed by atoms with van der Waals surface area (Å²) in [6, 6.07) is 11.0. The number of carbonyl (C=O) groups excluding carboxylic acids is 1. The summed E-state index contributed by atoms with van der Waals surface area (Å²) in [6.07, 6.45) is 0. The molecular weight excluding hydrogens is 270 g/mol. The third-order valence-corrected chi connectivity index (χ3v) is 3.81. The second-order valence-electron chi connectivity index (χ2n) is 4.25. The summed E-state index contributed by atoms with van der Waals surface area (Å²) in [4.78, 5) is 13.3. The maximum absolute atomic E-state index is 12.2. The molecule has 1 aromatic heterocycles. The molecule has 0 saturated heterocycles. The van der Waals surface area contributed by atoms with Crippen molar-refractivity contribution in [3.05, 3.63) is 57.8 Å². The molecule has 4 heteroatoms. The van der Waals surface area contributed by atoms with Crippen LogP contribution in [0.1, 0.15) is 33.8 Å². The molecule has 0 aliphatic heterocycles. The van der Waals surface area contributed by atoms with Crippen LogP contribution in [-0.4, -0.2) is 17.6 Å². The van der Waals surface area contributed by atoms with E-state index in [1.54, 1.807) is 29.5 Å². The zero-order chi connectivity index (χ0) is 14.4. The van der Waals surface area contributed by atoms with Crippen LogP contribution in [0.3, 0.4) is 0 Å². The average Bonchev–Trinajstić information content (AvgIpc) is 2.99. The number of nitrogens with one attached hydrogen (secondary N) is 1. The molecule has 0 radical (unpaired) electrons. The van der Waals surface area contributed by atoms with Gasteiger partial charge in [0.2, 0.25) is 0 Å². The monoisotopic (exact) mass is 285 g/mol. The lowest BCUT2D eigenvalue weighted by molar-refractivity contribution is 0.0940. The Balaban J connectivity index is 2.09. The number of hydrogen-bond acceptors (Lipinski definition) is 3. The fourth-order valence-corrected chi connectivity index (χ4v) is 2.50. The Morgan fingerprint density at radius 3 is 2.95 bits per heavy atom. The number of amides is 1. The first-order valence-corrected chi connectivity index (χ1v) is 7.12. The van der Waals surface area contributed by atoms with Crippen LogP contribution >= 0.6 is 11.3 Å². The predicted octanol–water partition coefficient (Wildman–Crippen LogP) is 2.58. The van der Waals surface area contributed by atoms with Crippen molar-refractivity contribution in [2.24, 2.45) is 0 Å². The molecule has 1 amide bonds. The minimum Gasteiger partial charge on any atom is -0.384 e. The van der Waals surface area contributed by atoms with E-state index >= 15 is 0 Å². The fourth-order valence-electron chi connectivity index (χ4n) is 1.77. The first-order chi connectivity index (χ1) is 9.70. The molecule has 20 heavy (non-hydrogen) atoms. The average molecular weight is 285 g/mol. The first-order valence-electron chi connectivity index (χ1n) is 6.25. The molecule has 2 N–H and O–H groups in total. The van der Waals surface area contributed by atoms with Crippen LogP contribution in [0, 0.1) is 11.8 Å². The van der Waals surface area contributed by atoms with Gasteiger partial charge in [0.15, 0.2) is 0 Å². The van der Waals surface area contributed by atoms with E-state index in [1.807, 2.05) is 30.5 Å². The van der Waals surface area contributed by atoms with Crippen molar-refractivity contribution < 1.29 is 9.90 Å². The number of rotatable bonds is 3. The Labute approximate surface area is 122 Å². The van der Waals surface area contributed by atoms with Crippen molar-refractivity contribution in [3.63, 3.8) is 0 Å². The molecular formula is C16H15NO2S. The van der Waals surface area contributed by atoms with Gasteiger partial charge in [-0.2, -0.15) is 0 Å². The number of aliphatic hydroxyl groups excluding tert-OH is 1. The largest absolute Gasteiger partial charge is 0.384 e. The molecule has 2 rings (SSSR count). The van der Waals surface area contributed by atoms with Crippen LogP contribution in [0.15, 0.2) is 41.8 Å². The zero-order valence-electron chi connectivity index (χ0n) is 11.1. The Morgan fingerprint density at radius 2 is 2.25 bits per heavy atom. The van der Waals surface area contributed by atoms with Gasteiger partial charge in [0.25, 0.3) is 5.91 Å². The van der Waals surface area contributed by atoms with Gasteiger partial charge >= 0.3 is 0 Å². The lowest BCUT2D eigenvalue weighted by Crippen LogP contribution is -2.26. The fraction of sp³-hybridized carbons (Fsp3) is 0.188. The van der Waals surface area contributed by atoms with Crippen LogP contribution in [-0.2, 0) is 0 Å². The normalized spacial score (nSPS) is 11.3. The SMILES string of the molecule is CC(NC(=O)c1cccc(C#CCO)c1)c1cccs1. The molecule has 102 valence electrons. The van der Waals surface area contributed by atoms with Crippen molar-refractivity contribution in [1.82, 2.24) is 5.32 Å². The van der Waals surface area contributed by atoms with Gasteiger partial charge in [-0.25, -0.2) is 0 Å². The van der Waals surface area contributed by atoms with E-state index in [9.17, 15) is 4.79 Å². The Kier molecular flexibility index (Phi) is 4.94. The van der Waals surface area contributed by atoms with Crippen molar-refractivity contribution >= 4 is 17.2 Å². The molecule has 3 nitrogen and oxygen atoms in total. The van der Waals surface area contributed by atoms with Crippen LogP contribution in [0.25, 0.3) is 0 Å². The van der Waals surface area contributed by atoms with Gasteiger partial charge < -0.3 is 10.4 Å². The molecule has 0 bridgehead atoms. The molecule has 1 atom stereocenters. The van der Waals surface area contributed by atoms with Crippen molar-refractivity contribution in [2.45, 2.75) is 13.0 Å². The van der Waals surface area contributed by atoms with Gasteiger partial charge in [0, 0.05) is 16.0 Å². The number of thiophene rings is 1. The number of hydrogen-bond donors (Lipinski definition) is 2.